The van der Waals surface area contributed by atoms with Gasteiger partial charge in [0.25, 0.3) is 0 Å². The Bertz CT molecular complexity index is 385. The second kappa shape index (κ2) is 6.95. The maximum atomic E-state index is 12.2. The minimum atomic E-state index is -0.0313. The fourth-order valence-electron chi connectivity index (χ4n) is 1.78. The first-order valence-corrected chi connectivity index (χ1v) is 7.23. The van der Waals surface area contributed by atoms with E-state index in [1.54, 1.807) is 0 Å². The van der Waals surface area contributed by atoms with Gasteiger partial charge in [0, 0.05) is 5.56 Å². The molecule has 0 saturated carbocycles. The Hall–Kier alpha value is -0.630. The summed E-state index contributed by atoms with van der Waals surface area (Å²) in [4.78, 5) is 12.1. The predicted octanol–water partition coefficient (Wildman–Crippen LogP) is 4.83. The molecule has 0 radical (unpaired) electrons. The highest BCUT2D eigenvalue weighted by Gasteiger charge is 2.16. The molecule has 0 amide bonds. The van der Waals surface area contributed by atoms with Gasteiger partial charge in [0.1, 0.15) is 0 Å². The molecule has 1 aromatic rings. The molecule has 0 N–H and O–H groups in total. The van der Waals surface area contributed by atoms with Crippen LogP contribution < -0.4 is 0 Å². The zero-order valence-electron chi connectivity index (χ0n) is 10.9. The lowest BCUT2D eigenvalue weighted by atomic mass is 10.00. The van der Waals surface area contributed by atoms with E-state index in [0.717, 1.165) is 18.4 Å². The van der Waals surface area contributed by atoms with Crippen LogP contribution in [0.15, 0.2) is 18.2 Å². The fraction of sp³-hybridized carbons (Fsp3) is 0.533. The van der Waals surface area contributed by atoms with E-state index < -0.39 is 0 Å². The Morgan fingerprint density at radius 3 is 2.53 bits per heavy atom. The number of hydrogen-bond acceptors (Lipinski definition) is 1. The number of carbonyl (C=O) groups is 1. The van der Waals surface area contributed by atoms with Crippen LogP contribution in [0.1, 0.15) is 54.1 Å². The Morgan fingerprint density at radius 1 is 1.24 bits per heavy atom. The van der Waals surface area contributed by atoms with Gasteiger partial charge in [0.15, 0.2) is 5.78 Å². The van der Waals surface area contributed by atoms with Gasteiger partial charge in [-0.3, -0.25) is 4.79 Å². The first kappa shape index (κ1) is 14.4. The van der Waals surface area contributed by atoms with Gasteiger partial charge in [-0.15, -0.1) is 0 Å². The molecule has 0 bridgehead atoms. The number of rotatable bonds is 6. The maximum Gasteiger partial charge on any atom is 0.176 e. The lowest BCUT2D eigenvalue weighted by Crippen LogP contribution is -2.14. The number of Topliss-reactive ketones (excluding diaryl/α,β-unsaturated/α-hetero) is 1. The summed E-state index contributed by atoms with van der Waals surface area (Å²) in [6.45, 7) is 6.29. The predicted molar refractivity (Wildman–Crippen MR) is 77.1 cm³/mol. The van der Waals surface area contributed by atoms with Crippen LogP contribution in [0.5, 0.6) is 0 Å². The first-order valence-electron chi connectivity index (χ1n) is 6.31. The van der Waals surface area contributed by atoms with Crippen molar-refractivity contribution < 1.29 is 4.79 Å². The summed E-state index contributed by atoms with van der Waals surface area (Å²) in [5.41, 5.74) is 3.24. The topological polar surface area (TPSA) is 17.1 Å². The van der Waals surface area contributed by atoms with Gasteiger partial charge in [-0.1, -0.05) is 54.2 Å². The van der Waals surface area contributed by atoms with E-state index in [1.165, 1.54) is 24.0 Å². The lowest BCUT2D eigenvalue weighted by molar-refractivity contribution is 0.0988. The van der Waals surface area contributed by atoms with Crippen molar-refractivity contribution in [3.63, 3.8) is 0 Å². The van der Waals surface area contributed by atoms with Crippen molar-refractivity contribution in [3.8, 4) is 0 Å². The third-order valence-corrected chi connectivity index (χ3v) is 4.01. The van der Waals surface area contributed by atoms with Crippen LogP contribution >= 0.6 is 15.9 Å². The van der Waals surface area contributed by atoms with Gasteiger partial charge < -0.3 is 0 Å². The van der Waals surface area contributed by atoms with Crippen LogP contribution in [-0.2, 0) is 0 Å². The molecule has 1 aromatic carbocycles. The summed E-state index contributed by atoms with van der Waals surface area (Å²) in [7, 11) is 0. The quantitative estimate of drug-likeness (QED) is 0.417. The summed E-state index contributed by atoms with van der Waals surface area (Å²) < 4.78 is 0. The van der Waals surface area contributed by atoms with Crippen LogP contribution in [0.25, 0.3) is 0 Å². The summed E-state index contributed by atoms with van der Waals surface area (Å²) in [6, 6.07) is 5.94. The summed E-state index contributed by atoms with van der Waals surface area (Å²) in [5.74, 6) is 0.212. The Labute approximate surface area is 113 Å². The van der Waals surface area contributed by atoms with Crippen LogP contribution in [-0.4, -0.2) is 10.6 Å². The molecule has 1 nitrogen and oxygen atoms in total. The summed E-state index contributed by atoms with van der Waals surface area (Å²) in [5, 5.41) is 0. The average molecular weight is 297 g/mol. The molecule has 1 unspecified atom stereocenters. The molecule has 94 valence electrons. The molecule has 0 spiro atoms. The van der Waals surface area contributed by atoms with Crippen molar-refractivity contribution in [2.45, 2.75) is 51.3 Å². The monoisotopic (exact) mass is 296 g/mol. The normalized spacial score (nSPS) is 12.5. The molecule has 0 heterocycles. The van der Waals surface area contributed by atoms with Crippen molar-refractivity contribution in [1.29, 1.82) is 0 Å². The van der Waals surface area contributed by atoms with Crippen LogP contribution in [0, 0.1) is 13.8 Å². The number of halogens is 1. The highest BCUT2D eigenvalue weighted by Crippen LogP contribution is 2.18. The van der Waals surface area contributed by atoms with Crippen molar-refractivity contribution in [1.82, 2.24) is 0 Å². The second-order valence-corrected chi connectivity index (χ2v) is 5.73. The van der Waals surface area contributed by atoms with Crippen LogP contribution in [0.4, 0.5) is 0 Å². The Kier molecular flexibility index (Phi) is 5.90. The van der Waals surface area contributed by atoms with Crippen molar-refractivity contribution in [2.75, 3.05) is 0 Å². The van der Waals surface area contributed by atoms with E-state index in [9.17, 15) is 4.79 Å². The van der Waals surface area contributed by atoms with Crippen molar-refractivity contribution >= 4 is 21.7 Å². The number of hydrogen-bond donors (Lipinski definition) is 0. The highest BCUT2D eigenvalue weighted by atomic mass is 79.9. The van der Waals surface area contributed by atoms with Crippen LogP contribution in [0.2, 0.25) is 0 Å². The van der Waals surface area contributed by atoms with E-state index in [-0.39, 0.29) is 10.6 Å². The van der Waals surface area contributed by atoms with E-state index in [0.29, 0.717) is 0 Å². The average Bonchev–Trinajstić information content (AvgIpc) is 2.32. The molecule has 1 atom stereocenters. The number of ketones is 1. The summed E-state index contributed by atoms with van der Waals surface area (Å²) >= 11 is 3.50. The zero-order valence-corrected chi connectivity index (χ0v) is 12.5. The largest absolute Gasteiger partial charge is 0.293 e. The van der Waals surface area contributed by atoms with Crippen molar-refractivity contribution in [3.05, 3.63) is 34.9 Å². The Morgan fingerprint density at radius 2 is 1.94 bits per heavy atom. The molecule has 0 aliphatic carbocycles. The van der Waals surface area contributed by atoms with Gasteiger partial charge >= 0.3 is 0 Å². The number of aryl methyl sites for hydroxylation is 2. The molecule has 0 aliphatic heterocycles. The third-order valence-electron chi connectivity index (χ3n) is 3.14. The zero-order chi connectivity index (χ0) is 12.8. The SMILES string of the molecule is CCCCCC(Br)C(=O)c1ccc(C)c(C)c1. The van der Waals surface area contributed by atoms with E-state index in [4.69, 9.17) is 0 Å². The van der Waals surface area contributed by atoms with E-state index in [2.05, 4.69) is 29.8 Å². The van der Waals surface area contributed by atoms with Crippen molar-refractivity contribution in [2.24, 2.45) is 0 Å². The molecular formula is C15H21BrO. The standard InChI is InChI=1S/C15H21BrO/c1-4-5-6-7-14(16)15(17)13-9-8-11(2)12(3)10-13/h8-10,14H,4-7H2,1-3H3. The highest BCUT2D eigenvalue weighted by molar-refractivity contribution is 9.10. The maximum absolute atomic E-state index is 12.2. The van der Waals surface area contributed by atoms with Gasteiger partial charge in [0.05, 0.1) is 4.83 Å². The minimum Gasteiger partial charge on any atom is -0.293 e. The van der Waals surface area contributed by atoms with E-state index >= 15 is 0 Å². The lowest BCUT2D eigenvalue weighted by Gasteiger charge is -2.10. The molecule has 0 saturated heterocycles. The minimum absolute atomic E-state index is 0.0313. The number of benzene rings is 1. The van der Waals surface area contributed by atoms with E-state index in [1.807, 2.05) is 25.1 Å². The molecule has 0 aliphatic rings. The molecule has 2 heteroatoms. The van der Waals surface area contributed by atoms with Gasteiger partial charge in [-0.05, 0) is 37.5 Å². The third kappa shape index (κ3) is 4.27. The van der Waals surface area contributed by atoms with Gasteiger partial charge in [0.2, 0.25) is 0 Å². The smallest absolute Gasteiger partial charge is 0.176 e. The molecular weight excluding hydrogens is 276 g/mol. The van der Waals surface area contributed by atoms with Gasteiger partial charge in [-0.2, -0.15) is 0 Å². The molecule has 0 aromatic heterocycles. The fourth-order valence-corrected chi connectivity index (χ4v) is 2.37. The molecule has 17 heavy (non-hydrogen) atoms. The first-order chi connectivity index (χ1) is 8.06. The number of unbranched alkanes of at least 4 members (excludes halogenated alkanes) is 2. The molecule has 0 fully saturated rings. The summed E-state index contributed by atoms with van der Waals surface area (Å²) in [6.07, 6.45) is 4.43. The number of carbonyl (C=O) groups excluding carboxylic acids is 1. The van der Waals surface area contributed by atoms with Crippen LogP contribution in [0.3, 0.4) is 0 Å². The Balaban J connectivity index is 2.65. The molecule has 1 rings (SSSR count). The number of alkyl halides is 1. The van der Waals surface area contributed by atoms with Gasteiger partial charge in [-0.25, -0.2) is 0 Å². The second-order valence-electron chi connectivity index (χ2n) is 4.63.